The van der Waals surface area contributed by atoms with Crippen LogP contribution in [0.2, 0.25) is 0 Å². The van der Waals surface area contributed by atoms with E-state index >= 15 is 0 Å². The summed E-state index contributed by atoms with van der Waals surface area (Å²) >= 11 is 0. The average molecular weight is 318 g/mol. The standard InChI is InChI=1S/C19H30N2O2/c1-5-13-20(14-6-2)19(23)12-15-21(16(4)22)18-10-8-17(7-3)9-11-18/h8-11H,5-7,12-15H2,1-4H3. The highest BCUT2D eigenvalue weighted by molar-refractivity contribution is 5.92. The third kappa shape index (κ3) is 6.05. The van der Waals surface area contributed by atoms with Crippen LogP contribution < -0.4 is 4.90 Å². The summed E-state index contributed by atoms with van der Waals surface area (Å²) in [5.41, 5.74) is 2.10. The van der Waals surface area contributed by atoms with Gasteiger partial charge in [0.05, 0.1) is 0 Å². The van der Waals surface area contributed by atoms with Crippen molar-refractivity contribution in [3.05, 3.63) is 29.8 Å². The molecule has 0 saturated heterocycles. The summed E-state index contributed by atoms with van der Waals surface area (Å²) in [7, 11) is 0. The largest absolute Gasteiger partial charge is 0.343 e. The molecule has 0 heterocycles. The van der Waals surface area contributed by atoms with Crippen LogP contribution in [0.5, 0.6) is 0 Å². The molecule has 0 aliphatic carbocycles. The molecule has 1 aromatic carbocycles. The van der Waals surface area contributed by atoms with Crippen LogP contribution in [-0.2, 0) is 16.0 Å². The van der Waals surface area contributed by atoms with Crippen LogP contribution in [-0.4, -0.2) is 36.3 Å². The van der Waals surface area contributed by atoms with Crippen LogP contribution in [0, 0.1) is 0 Å². The van der Waals surface area contributed by atoms with Gasteiger partial charge in [0, 0.05) is 38.7 Å². The minimum atomic E-state index is -0.0282. The number of carbonyl (C=O) groups is 2. The molecule has 4 heteroatoms. The van der Waals surface area contributed by atoms with Crippen LogP contribution >= 0.6 is 0 Å². The first-order chi connectivity index (χ1) is 11.0. The summed E-state index contributed by atoms with van der Waals surface area (Å²) < 4.78 is 0. The van der Waals surface area contributed by atoms with Crippen molar-refractivity contribution in [2.45, 2.75) is 53.4 Å². The highest BCUT2D eigenvalue weighted by Crippen LogP contribution is 2.17. The van der Waals surface area contributed by atoms with Gasteiger partial charge in [-0.1, -0.05) is 32.9 Å². The van der Waals surface area contributed by atoms with Crippen LogP contribution in [0.25, 0.3) is 0 Å². The second-order valence-electron chi connectivity index (χ2n) is 5.82. The number of hydrogen-bond acceptors (Lipinski definition) is 2. The van der Waals surface area contributed by atoms with Crippen molar-refractivity contribution in [2.75, 3.05) is 24.5 Å². The molecule has 23 heavy (non-hydrogen) atoms. The number of rotatable bonds is 9. The lowest BCUT2D eigenvalue weighted by molar-refractivity contribution is -0.131. The van der Waals surface area contributed by atoms with Crippen LogP contribution in [0.3, 0.4) is 0 Å². The van der Waals surface area contributed by atoms with Crippen molar-refractivity contribution < 1.29 is 9.59 Å². The molecule has 0 fully saturated rings. The summed E-state index contributed by atoms with van der Waals surface area (Å²) in [5.74, 6) is 0.102. The summed E-state index contributed by atoms with van der Waals surface area (Å²) in [6.07, 6.45) is 3.26. The number of aryl methyl sites for hydroxylation is 1. The molecule has 0 saturated carbocycles. The molecule has 1 aromatic rings. The Morgan fingerprint density at radius 2 is 1.48 bits per heavy atom. The predicted octanol–water partition coefficient (Wildman–Crippen LogP) is 3.64. The van der Waals surface area contributed by atoms with Crippen molar-refractivity contribution in [3.63, 3.8) is 0 Å². The van der Waals surface area contributed by atoms with Gasteiger partial charge in [0.25, 0.3) is 0 Å². The summed E-state index contributed by atoms with van der Waals surface area (Å²) in [6, 6.07) is 7.99. The molecule has 0 aliphatic heterocycles. The second kappa shape index (κ2) is 10.0. The molecule has 0 aromatic heterocycles. The molecule has 0 aliphatic rings. The van der Waals surface area contributed by atoms with E-state index in [9.17, 15) is 9.59 Å². The molecule has 0 bridgehead atoms. The Hall–Kier alpha value is -1.84. The van der Waals surface area contributed by atoms with Crippen molar-refractivity contribution in [1.82, 2.24) is 4.90 Å². The first-order valence-electron chi connectivity index (χ1n) is 8.68. The molecule has 128 valence electrons. The van der Waals surface area contributed by atoms with Crippen molar-refractivity contribution in [2.24, 2.45) is 0 Å². The van der Waals surface area contributed by atoms with Crippen LogP contribution in [0.4, 0.5) is 5.69 Å². The Balaban J connectivity index is 2.72. The first-order valence-corrected chi connectivity index (χ1v) is 8.68. The SMILES string of the molecule is CCCN(CCC)C(=O)CCN(C(C)=O)c1ccc(CC)cc1. The molecule has 4 nitrogen and oxygen atoms in total. The third-order valence-electron chi connectivity index (χ3n) is 3.93. The summed E-state index contributed by atoms with van der Waals surface area (Å²) in [5, 5.41) is 0. The van der Waals surface area contributed by atoms with E-state index in [0.29, 0.717) is 13.0 Å². The lowest BCUT2D eigenvalue weighted by Crippen LogP contribution is -2.37. The lowest BCUT2D eigenvalue weighted by atomic mass is 10.1. The van der Waals surface area contributed by atoms with Gasteiger partial charge < -0.3 is 9.80 Å². The molecule has 0 radical (unpaired) electrons. The average Bonchev–Trinajstić information content (AvgIpc) is 2.55. The fourth-order valence-corrected chi connectivity index (χ4v) is 2.65. The zero-order chi connectivity index (χ0) is 17.2. The van der Waals surface area contributed by atoms with Crippen LogP contribution in [0.15, 0.2) is 24.3 Å². The maximum Gasteiger partial charge on any atom is 0.224 e. The van der Waals surface area contributed by atoms with Crippen molar-refractivity contribution >= 4 is 17.5 Å². The zero-order valence-corrected chi connectivity index (χ0v) is 15.0. The smallest absolute Gasteiger partial charge is 0.224 e. The molecular formula is C19H30N2O2. The predicted molar refractivity (Wildman–Crippen MR) is 95.6 cm³/mol. The summed E-state index contributed by atoms with van der Waals surface area (Å²) in [4.78, 5) is 27.9. The maximum atomic E-state index is 12.4. The topological polar surface area (TPSA) is 40.6 Å². The Bertz CT molecular complexity index is 491. The number of hydrogen-bond donors (Lipinski definition) is 0. The highest BCUT2D eigenvalue weighted by atomic mass is 16.2. The van der Waals surface area contributed by atoms with E-state index < -0.39 is 0 Å². The Labute approximate surface area is 140 Å². The van der Waals surface area contributed by atoms with Gasteiger partial charge in [-0.2, -0.15) is 0 Å². The van der Waals surface area contributed by atoms with Crippen LogP contribution in [0.1, 0.15) is 52.5 Å². The Kier molecular flexibility index (Phi) is 8.38. The van der Waals surface area contributed by atoms with Gasteiger partial charge in [-0.25, -0.2) is 0 Å². The molecule has 0 unspecified atom stereocenters. The van der Waals surface area contributed by atoms with Gasteiger partial charge in [-0.3, -0.25) is 9.59 Å². The quantitative estimate of drug-likeness (QED) is 0.697. The van der Waals surface area contributed by atoms with Gasteiger partial charge in [0.1, 0.15) is 0 Å². The van der Waals surface area contributed by atoms with Crippen molar-refractivity contribution in [3.8, 4) is 0 Å². The number of nitrogens with zero attached hydrogens (tertiary/aromatic N) is 2. The normalized spacial score (nSPS) is 10.4. The van der Waals surface area contributed by atoms with E-state index in [1.54, 1.807) is 11.8 Å². The minimum Gasteiger partial charge on any atom is -0.343 e. The van der Waals surface area contributed by atoms with Gasteiger partial charge >= 0.3 is 0 Å². The van der Waals surface area contributed by atoms with E-state index in [0.717, 1.165) is 38.0 Å². The van der Waals surface area contributed by atoms with E-state index in [1.165, 1.54) is 5.56 Å². The molecule has 2 amide bonds. The molecule has 0 spiro atoms. The summed E-state index contributed by atoms with van der Waals surface area (Å²) in [6.45, 7) is 9.82. The lowest BCUT2D eigenvalue weighted by Gasteiger charge is -2.25. The molecular weight excluding hydrogens is 288 g/mol. The monoisotopic (exact) mass is 318 g/mol. The number of benzene rings is 1. The highest BCUT2D eigenvalue weighted by Gasteiger charge is 2.16. The fraction of sp³-hybridized carbons (Fsp3) is 0.579. The molecule has 1 rings (SSSR count). The van der Waals surface area contributed by atoms with Crippen molar-refractivity contribution in [1.29, 1.82) is 0 Å². The number of anilines is 1. The van der Waals surface area contributed by atoms with E-state index in [2.05, 4.69) is 20.8 Å². The van der Waals surface area contributed by atoms with Gasteiger partial charge in [-0.15, -0.1) is 0 Å². The Morgan fingerprint density at radius 1 is 0.913 bits per heavy atom. The van der Waals surface area contributed by atoms with Gasteiger partial charge in [0.2, 0.25) is 11.8 Å². The molecule has 0 atom stereocenters. The number of carbonyl (C=O) groups excluding carboxylic acids is 2. The van der Waals surface area contributed by atoms with E-state index in [1.807, 2.05) is 29.2 Å². The second-order valence-corrected chi connectivity index (χ2v) is 5.82. The molecule has 0 N–H and O–H groups in total. The van der Waals surface area contributed by atoms with Gasteiger partial charge in [0.15, 0.2) is 0 Å². The fourth-order valence-electron chi connectivity index (χ4n) is 2.65. The van der Waals surface area contributed by atoms with E-state index in [-0.39, 0.29) is 11.8 Å². The van der Waals surface area contributed by atoms with Gasteiger partial charge in [-0.05, 0) is 37.0 Å². The number of amides is 2. The third-order valence-corrected chi connectivity index (χ3v) is 3.93. The minimum absolute atomic E-state index is 0.0282. The zero-order valence-electron chi connectivity index (χ0n) is 15.0. The Morgan fingerprint density at radius 3 is 1.91 bits per heavy atom. The maximum absolute atomic E-state index is 12.4. The first kappa shape index (κ1) is 19.2. The van der Waals surface area contributed by atoms with E-state index in [4.69, 9.17) is 0 Å².